The smallest absolute Gasteiger partial charge is 0.0656 e. The van der Waals surface area contributed by atoms with Gasteiger partial charge in [-0.25, -0.2) is 0 Å². The number of hydrogen-bond acceptors (Lipinski definition) is 4. The van der Waals surface area contributed by atoms with E-state index >= 15 is 0 Å². The zero-order valence-electron chi connectivity index (χ0n) is 17.5. The molecule has 0 bridgehead atoms. The number of anilines is 4. The zero-order chi connectivity index (χ0) is 21.1. The van der Waals surface area contributed by atoms with Crippen molar-refractivity contribution in [3.05, 3.63) is 102 Å². The van der Waals surface area contributed by atoms with Crippen molar-refractivity contribution in [2.75, 3.05) is 30.5 Å². The number of benzene rings is 3. The molecular formula is C26H28N4. The van der Waals surface area contributed by atoms with Gasteiger partial charge in [0.15, 0.2) is 0 Å². The van der Waals surface area contributed by atoms with E-state index in [4.69, 9.17) is 11.5 Å². The van der Waals surface area contributed by atoms with Crippen LogP contribution in [0.15, 0.2) is 91.0 Å². The minimum absolute atomic E-state index is 0.202. The molecule has 4 heteroatoms. The summed E-state index contributed by atoms with van der Waals surface area (Å²) >= 11 is 0. The molecule has 1 atom stereocenters. The van der Waals surface area contributed by atoms with E-state index in [-0.39, 0.29) is 5.54 Å². The average Bonchev–Trinajstić information content (AvgIpc) is 2.80. The first kappa shape index (κ1) is 19.8. The Kier molecular flexibility index (Phi) is 5.34. The standard InChI is InChI=1S/C26H28N4/c1-29-26(21-5-7-22(27)8-6-21)17-15-20(16-18-26)19-3-11-24(12-4-19)30(2)25-13-9-23(28)10-14-25/h3-17,29H,18,27-28H2,1-2H3. The summed E-state index contributed by atoms with van der Waals surface area (Å²) in [6.07, 6.45) is 7.63. The highest BCUT2D eigenvalue weighted by atomic mass is 15.1. The van der Waals surface area contributed by atoms with Gasteiger partial charge in [-0.3, -0.25) is 0 Å². The van der Waals surface area contributed by atoms with E-state index in [2.05, 4.69) is 71.9 Å². The topological polar surface area (TPSA) is 67.3 Å². The van der Waals surface area contributed by atoms with Gasteiger partial charge in [0.2, 0.25) is 0 Å². The van der Waals surface area contributed by atoms with Crippen LogP contribution in [-0.4, -0.2) is 14.1 Å². The molecule has 1 aliphatic carbocycles. The molecule has 0 aromatic heterocycles. The highest BCUT2D eigenvalue weighted by Crippen LogP contribution is 2.35. The Hall–Kier alpha value is -3.50. The summed E-state index contributed by atoms with van der Waals surface area (Å²) < 4.78 is 0. The van der Waals surface area contributed by atoms with Crippen molar-refractivity contribution in [3.8, 4) is 0 Å². The van der Waals surface area contributed by atoms with E-state index in [9.17, 15) is 0 Å². The van der Waals surface area contributed by atoms with Gasteiger partial charge in [-0.1, -0.05) is 42.5 Å². The summed E-state index contributed by atoms with van der Waals surface area (Å²) in [5.41, 5.74) is 18.9. The summed E-state index contributed by atoms with van der Waals surface area (Å²) in [4.78, 5) is 2.15. The van der Waals surface area contributed by atoms with E-state index in [0.29, 0.717) is 0 Å². The first-order valence-electron chi connectivity index (χ1n) is 10.1. The molecule has 1 aliphatic rings. The van der Waals surface area contributed by atoms with E-state index in [1.807, 2.05) is 43.4 Å². The molecule has 0 heterocycles. The lowest BCUT2D eigenvalue weighted by molar-refractivity contribution is 0.459. The maximum atomic E-state index is 5.86. The molecule has 0 spiro atoms. The SMILES string of the molecule is CNC1(c2ccc(N)cc2)C=CC(c2ccc(N(C)c3ccc(N)cc3)cc2)=CC1. The van der Waals surface area contributed by atoms with Crippen LogP contribution >= 0.6 is 0 Å². The van der Waals surface area contributed by atoms with Gasteiger partial charge in [-0.15, -0.1) is 0 Å². The fourth-order valence-corrected chi connectivity index (χ4v) is 3.90. The largest absolute Gasteiger partial charge is 0.399 e. The summed E-state index contributed by atoms with van der Waals surface area (Å²) in [5, 5.41) is 3.48. The third-order valence-corrected chi connectivity index (χ3v) is 5.93. The van der Waals surface area contributed by atoms with Gasteiger partial charge in [0.1, 0.15) is 0 Å². The lowest BCUT2D eigenvalue weighted by Crippen LogP contribution is -2.38. The van der Waals surface area contributed by atoms with Crippen LogP contribution in [0, 0.1) is 0 Å². The molecular weight excluding hydrogens is 368 g/mol. The van der Waals surface area contributed by atoms with E-state index in [0.717, 1.165) is 29.2 Å². The van der Waals surface area contributed by atoms with Gasteiger partial charge in [0.05, 0.1) is 5.54 Å². The molecule has 4 nitrogen and oxygen atoms in total. The van der Waals surface area contributed by atoms with Crippen LogP contribution in [0.3, 0.4) is 0 Å². The molecule has 3 aromatic carbocycles. The number of nitrogens with zero attached hydrogens (tertiary/aromatic N) is 1. The summed E-state index contributed by atoms with van der Waals surface area (Å²) in [6, 6.07) is 24.7. The predicted molar refractivity (Wildman–Crippen MR) is 129 cm³/mol. The molecule has 0 amide bonds. The third-order valence-electron chi connectivity index (χ3n) is 5.93. The molecule has 152 valence electrons. The minimum atomic E-state index is -0.202. The quantitative estimate of drug-likeness (QED) is 0.526. The second-order valence-corrected chi connectivity index (χ2v) is 7.74. The van der Waals surface area contributed by atoms with Crippen LogP contribution in [0.1, 0.15) is 17.5 Å². The normalized spacial score (nSPS) is 18.1. The van der Waals surface area contributed by atoms with Gasteiger partial charge in [0.25, 0.3) is 0 Å². The summed E-state index contributed by atoms with van der Waals surface area (Å²) in [6.45, 7) is 0. The van der Waals surface area contributed by atoms with Gasteiger partial charge in [-0.2, -0.15) is 0 Å². The summed E-state index contributed by atoms with van der Waals surface area (Å²) in [7, 11) is 4.07. The van der Waals surface area contributed by atoms with E-state index < -0.39 is 0 Å². The number of hydrogen-bond donors (Lipinski definition) is 3. The van der Waals surface area contributed by atoms with E-state index in [1.165, 1.54) is 16.7 Å². The van der Waals surface area contributed by atoms with Gasteiger partial charge >= 0.3 is 0 Å². The van der Waals surface area contributed by atoms with Crippen LogP contribution in [0.2, 0.25) is 0 Å². The van der Waals surface area contributed by atoms with Crippen molar-refractivity contribution in [2.24, 2.45) is 0 Å². The first-order chi connectivity index (χ1) is 14.5. The number of nitrogens with one attached hydrogen (secondary N) is 1. The second kappa shape index (κ2) is 8.09. The summed E-state index contributed by atoms with van der Waals surface area (Å²) in [5.74, 6) is 0. The molecule has 5 N–H and O–H groups in total. The molecule has 30 heavy (non-hydrogen) atoms. The second-order valence-electron chi connectivity index (χ2n) is 7.74. The Labute approximate surface area is 178 Å². The Balaban J connectivity index is 1.52. The number of likely N-dealkylation sites (N-methyl/N-ethyl adjacent to an activating group) is 1. The maximum Gasteiger partial charge on any atom is 0.0656 e. The predicted octanol–water partition coefficient (Wildman–Crippen LogP) is 5.08. The Morgan fingerprint density at radius 2 is 1.33 bits per heavy atom. The Bertz CT molecular complexity index is 1060. The fourth-order valence-electron chi connectivity index (χ4n) is 3.90. The van der Waals surface area contributed by atoms with Crippen LogP contribution in [0.25, 0.3) is 5.57 Å². The molecule has 0 saturated carbocycles. The van der Waals surface area contributed by atoms with Crippen molar-refractivity contribution in [3.63, 3.8) is 0 Å². The lowest BCUT2D eigenvalue weighted by Gasteiger charge is -2.33. The Morgan fingerprint density at radius 3 is 1.83 bits per heavy atom. The molecule has 0 radical (unpaired) electrons. The molecule has 1 unspecified atom stereocenters. The highest BCUT2D eigenvalue weighted by Gasteiger charge is 2.28. The zero-order valence-corrected chi connectivity index (χ0v) is 17.5. The van der Waals surface area contributed by atoms with Gasteiger partial charge in [-0.05, 0) is 78.7 Å². The molecule has 0 fully saturated rings. The molecule has 0 saturated heterocycles. The van der Waals surface area contributed by atoms with Crippen LogP contribution in [0.5, 0.6) is 0 Å². The molecule has 0 aliphatic heterocycles. The molecule has 3 aromatic rings. The fraction of sp³-hybridized carbons (Fsp3) is 0.154. The number of nitrogen functional groups attached to an aromatic ring is 2. The maximum absolute atomic E-state index is 5.86. The Morgan fingerprint density at radius 1 is 0.800 bits per heavy atom. The molecule has 4 rings (SSSR count). The van der Waals surface area contributed by atoms with E-state index in [1.54, 1.807) is 0 Å². The van der Waals surface area contributed by atoms with Crippen molar-refractivity contribution in [1.82, 2.24) is 5.32 Å². The van der Waals surface area contributed by atoms with Crippen molar-refractivity contribution < 1.29 is 0 Å². The van der Waals surface area contributed by atoms with Crippen LogP contribution in [-0.2, 0) is 5.54 Å². The van der Waals surface area contributed by atoms with Crippen molar-refractivity contribution in [1.29, 1.82) is 0 Å². The number of allylic oxidation sites excluding steroid dienone is 2. The van der Waals surface area contributed by atoms with Crippen LogP contribution in [0.4, 0.5) is 22.7 Å². The van der Waals surface area contributed by atoms with Gasteiger partial charge in [0, 0.05) is 29.8 Å². The number of rotatable bonds is 5. The van der Waals surface area contributed by atoms with Gasteiger partial charge < -0.3 is 21.7 Å². The van der Waals surface area contributed by atoms with Crippen molar-refractivity contribution >= 4 is 28.3 Å². The first-order valence-corrected chi connectivity index (χ1v) is 10.1. The third kappa shape index (κ3) is 3.82. The number of nitrogens with two attached hydrogens (primary N) is 2. The average molecular weight is 397 g/mol. The lowest BCUT2D eigenvalue weighted by atomic mass is 9.81. The van der Waals surface area contributed by atoms with Crippen molar-refractivity contribution in [2.45, 2.75) is 12.0 Å². The monoisotopic (exact) mass is 396 g/mol. The highest BCUT2D eigenvalue weighted by molar-refractivity contribution is 5.77. The van der Waals surface area contributed by atoms with Crippen LogP contribution < -0.4 is 21.7 Å². The minimum Gasteiger partial charge on any atom is -0.399 e.